The summed E-state index contributed by atoms with van der Waals surface area (Å²) in [6, 6.07) is 0. The predicted octanol–water partition coefficient (Wildman–Crippen LogP) is 1.72. The predicted molar refractivity (Wildman–Crippen MR) is 60.5 cm³/mol. The van der Waals surface area contributed by atoms with Gasteiger partial charge in [-0.1, -0.05) is 0 Å². The van der Waals surface area contributed by atoms with E-state index >= 15 is 0 Å². The van der Waals surface area contributed by atoms with Crippen LogP contribution < -0.4 is 0 Å². The van der Waals surface area contributed by atoms with Crippen molar-refractivity contribution in [1.29, 1.82) is 0 Å². The average Bonchev–Trinajstić information content (AvgIpc) is 2.19. The zero-order valence-electron chi connectivity index (χ0n) is 9.91. The van der Waals surface area contributed by atoms with Crippen LogP contribution in [0.2, 0.25) is 0 Å². The lowest BCUT2D eigenvalue weighted by molar-refractivity contribution is -0.104. The number of rotatable bonds is 8. The summed E-state index contributed by atoms with van der Waals surface area (Å²) in [5.74, 6) is 0. The Kier molecular flexibility index (Phi) is 7.50. The third-order valence-corrected chi connectivity index (χ3v) is 4.94. The van der Waals surface area contributed by atoms with Gasteiger partial charge in [0.05, 0.1) is 0 Å². The minimum absolute atomic E-state index is 0.510. The van der Waals surface area contributed by atoms with E-state index < -0.39 is 8.80 Å². The topological polar surface area (TPSA) is 44.8 Å². The van der Waals surface area contributed by atoms with Crippen LogP contribution in [0, 0.1) is 0 Å². The van der Waals surface area contributed by atoms with Crippen LogP contribution in [0.1, 0.15) is 27.7 Å². The molecular formula is C10H20O4Si. The number of aldehydes is 1. The Balaban J connectivity index is 4.89. The molecule has 0 amide bonds. The minimum atomic E-state index is -2.79. The van der Waals surface area contributed by atoms with E-state index in [4.69, 9.17) is 13.3 Å². The molecular weight excluding hydrogens is 212 g/mol. The molecule has 0 saturated carbocycles. The molecule has 0 N–H and O–H groups in total. The largest absolute Gasteiger partial charge is 0.532 e. The molecule has 15 heavy (non-hydrogen) atoms. The van der Waals surface area contributed by atoms with Crippen LogP contribution in [0.5, 0.6) is 0 Å². The van der Waals surface area contributed by atoms with Gasteiger partial charge in [0, 0.05) is 25.0 Å². The molecule has 0 aliphatic carbocycles. The molecule has 0 unspecified atom stereocenters. The van der Waals surface area contributed by atoms with E-state index in [0.717, 1.165) is 11.5 Å². The number of hydrogen-bond donors (Lipinski definition) is 0. The second-order valence-electron chi connectivity index (χ2n) is 2.84. The van der Waals surface area contributed by atoms with E-state index in [1.165, 1.54) is 6.08 Å². The highest BCUT2D eigenvalue weighted by molar-refractivity contribution is 6.68. The molecule has 0 spiro atoms. The zero-order valence-corrected chi connectivity index (χ0v) is 10.9. The van der Waals surface area contributed by atoms with Gasteiger partial charge in [-0.25, -0.2) is 0 Å². The van der Waals surface area contributed by atoms with Gasteiger partial charge in [-0.15, -0.1) is 0 Å². The summed E-state index contributed by atoms with van der Waals surface area (Å²) in [4.78, 5) is 10.5. The lowest BCUT2D eigenvalue weighted by Crippen LogP contribution is -2.47. The van der Waals surface area contributed by atoms with Gasteiger partial charge in [-0.05, 0) is 33.8 Å². The van der Waals surface area contributed by atoms with Gasteiger partial charge < -0.3 is 13.3 Å². The second kappa shape index (κ2) is 7.75. The summed E-state index contributed by atoms with van der Waals surface area (Å²) in [5.41, 5.74) is 0. The Bertz CT molecular complexity index is 198. The van der Waals surface area contributed by atoms with E-state index in [-0.39, 0.29) is 0 Å². The van der Waals surface area contributed by atoms with Crippen molar-refractivity contribution >= 4 is 15.1 Å². The van der Waals surface area contributed by atoms with Crippen molar-refractivity contribution in [3.8, 4) is 0 Å². The van der Waals surface area contributed by atoms with Gasteiger partial charge in [0.15, 0.2) is 0 Å². The van der Waals surface area contributed by atoms with Crippen molar-refractivity contribution in [2.75, 3.05) is 19.8 Å². The van der Waals surface area contributed by atoms with Gasteiger partial charge >= 0.3 is 8.80 Å². The SMILES string of the molecule is CCO[Si](OCC)(OCC)C(C)=CC=O. The van der Waals surface area contributed by atoms with E-state index in [2.05, 4.69) is 0 Å². The fourth-order valence-corrected chi connectivity index (χ4v) is 3.59. The summed E-state index contributed by atoms with van der Waals surface area (Å²) in [7, 11) is -2.79. The number of carbonyl (C=O) groups excluding carboxylic acids is 1. The molecule has 4 nitrogen and oxygen atoms in total. The Labute approximate surface area is 92.6 Å². The molecule has 0 atom stereocenters. The van der Waals surface area contributed by atoms with E-state index in [9.17, 15) is 4.79 Å². The summed E-state index contributed by atoms with van der Waals surface area (Å²) < 4.78 is 16.8. The summed E-state index contributed by atoms with van der Waals surface area (Å²) in [6.07, 6.45) is 2.18. The van der Waals surface area contributed by atoms with Crippen molar-refractivity contribution in [2.24, 2.45) is 0 Å². The van der Waals surface area contributed by atoms with Crippen LogP contribution in [0.3, 0.4) is 0 Å². The highest BCUT2D eigenvalue weighted by Crippen LogP contribution is 2.19. The third kappa shape index (κ3) is 4.25. The van der Waals surface area contributed by atoms with Crippen LogP contribution in [0.4, 0.5) is 0 Å². The molecule has 0 aliphatic rings. The normalized spacial score (nSPS) is 12.9. The first kappa shape index (κ1) is 14.5. The quantitative estimate of drug-likeness (QED) is 0.363. The molecule has 0 rings (SSSR count). The van der Waals surface area contributed by atoms with E-state index in [0.29, 0.717) is 19.8 Å². The van der Waals surface area contributed by atoms with E-state index in [1.807, 2.05) is 27.7 Å². The van der Waals surface area contributed by atoms with Gasteiger partial charge in [-0.2, -0.15) is 0 Å². The molecule has 5 heteroatoms. The average molecular weight is 232 g/mol. The summed E-state index contributed by atoms with van der Waals surface area (Å²) in [5, 5.41) is 0.753. The zero-order chi connectivity index (χ0) is 11.7. The molecule has 0 heterocycles. The lowest BCUT2D eigenvalue weighted by Gasteiger charge is -2.28. The van der Waals surface area contributed by atoms with Crippen LogP contribution in [0.15, 0.2) is 11.3 Å². The first-order valence-corrected chi connectivity index (χ1v) is 6.93. The van der Waals surface area contributed by atoms with Crippen molar-refractivity contribution in [3.05, 3.63) is 11.3 Å². The fourth-order valence-electron chi connectivity index (χ4n) is 1.24. The molecule has 88 valence electrons. The third-order valence-electron chi connectivity index (χ3n) is 1.80. The van der Waals surface area contributed by atoms with Gasteiger partial charge in [0.25, 0.3) is 0 Å². The fraction of sp³-hybridized carbons (Fsp3) is 0.700. The van der Waals surface area contributed by atoms with Gasteiger partial charge in [0.2, 0.25) is 0 Å². The highest BCUT2D eigenvalue weighted by Gasteiger charge is 2.42. The van der Waals surface area contributed by atoms with Crippen molar-refractivity contribution < 1.29 is 18.1 Å². The Morgan fingerprint density at radius 2 is 1.47 bits per heavy atom. The first-order valence-electron chi connectivity index (χ1n) is 5.21. The molecule has 0 fully saturated rings. The molecule has 0 aromatic heterocycles. The van der Waals surface area contributed by atoms with Crippen LogP contribution in [-0.2, 0) is 18.1 Å². The van der Waals surface area contributed by atoms with E-state index in [1.54, 1.807) is 0 Å². The maximum absolute atomic E-state index is 10.5. The number of carbonyl (C=O) groups is 1. The van der Waals surface area contributed by atoms with Gasteiger partial charge in [-0.3, -0.25) is 4.79 Å². The number of allylic oxidation sites excluding steroid dienone is 2. The van der Waals surface area contributed by atoms with Crippen molar-refractivity contribution in [2.45, 2.75) is 27.7 Å². The van der Waals surface area contributed by atoms with Crippen LogP contribution >= 0.6 is 0 Å². The molecule has 0 radical (unpaired) electrons. The van der Waals surface area contributed by atoms with Gasteiger partial charge in [0.1, 0.15) is 6.29 Å². The number of hydrogen-bond acceptors (Lipinski definition) is 4. The lowest BCUT2D eigenvalue weighted by atomic mass is 10.6. The maximum Gasteiger partial charge on any atom is 0.532 e. The van der Waals surface area contributed by atoms with Crippen LogP contribution in [0.25, 0.3) is 0 Å². The Morgan fingerprint density at radius 1 is 1.07 bits per heavy atom. The first-order chi connectivity index (χ1) is 7.16. The summed E-state index contributed by atoms with van der Waals surface area (Å²) in [6.45, 7) is 8.99. The highest BCUT2D eigenvalue weighted by atomic mass is 28.4. The molecule has 0 aromatic rings. The second-order valence-corrected chi connectivity index (χ2v) is 5.61. The van der Waals surface area contributed by atoms with Crippen LogP contribution in [-0.4, -0.2) is 34.9 Å². The summed E-state index contributed by atoms with van der Waals surface area (Å²) >= 11 is 0. The van der Waals surface area contributed by atoms with Crippen molar-refractivity contribution in [3.63, 3.8) is 0 Å². The molecule has 0 aromatic carbocycles. The molecule has 0 bridgehead atoms. The maximum atomic E-state index is 10.5. The minimum Gasteiger partial charge on any atom is -0.370 e. The standard InChI is InChI=1S/C10H20O4Si/c1-5-12-15(13-6-2,14-7-3)10(4)8-9-11/h8-9H,5-7H2,1-4H3. The molecule has 0 aliphatic heterocycles. The molecule has 0 saturated heterocycles. The monoisotopic (exact) mass is 232 g/mol. The smallest absolute Gasteiger partial charge is 0.370 e. The van der Waals surface area contributed by atoms with Crippen molar-refractivity contribution in [1.82, 2.24) is 0 Å². The Morgan fingerprint density at radius 3 is 1.73 bits per heavy atom. The Hall–Kier alpha value is -0.493.